The molecule has 0 atom stereocenters. The van der Waals surface area contributed by atoms with Crippen LogP contribution >= 0.6 is 0 Å². The van der Waals surface area contributed by atoms with Crippen molar-refractivity contribution in [1.82, 2.24) is 0 Å². The second-order valence-corrected chi connectivity index (χ2v) is 7.49. The molecule has 1 aliphatic heterocycles. The molecule has 0 N–H and O–H groups in total. The first kappa shape index (κ1) is 16.4. The van der Waals surface area contributed by atoms with Gasteiger partial charge in [0.15, 0.2) is 0 Å². The third kappa shape index (κ3) is 2.98. The number of hydrogen-bond acceptors (Lipinski definition) is 1. The predicted molar refractivity (Wildman–Crippen MR) is 92.7 cm³/mol. The highest BCUT2D eigenvalue weighted by atomic mass is 15.2. The molecule has 1 heterocycles. The summed E-state index contributed by atoms with van der Waals surface area (Å²) in [5, 5.41) is 0. The lowest BCUT2D eigenvalue weighted by atomic mass is 9.70. The van der Waals surface area contributed by atoms with Crippen LogP contribution in [-0.2, 0) is 0 Å². The summed E-state index contributed by atoms with van der Waals surface area (Å²) in [6.07, 6.45) is 4.85. The van der Waals surface area contributed by atoms with E-state index in [4.69, 9.17) is 0 Å². The van der Waals surface area contributed by atoms with Crippen molar-refractivity contribution in [3.05, 3.63) is 35.4 Å². The van der Waals surface area contributed by atoms with Crippen LogP contribution in [0.5, 0.6) is 0 Å². The van der Waals surface area contributed by atoms with Gasteiger partial charge in [-0.05, 0) is 76.8 Å². The van der Waals surface area contributed by atoms with Crippen LogP contribution in [0.25, 0.3) is 0 Å². The molecule has 116 valence electrons. The second-order valence-electron chi connectivity index (χ2n) is 7.49. The quantitative estimate of drug-likeness (QED) is 0.674. The van der Waals surface area contributed by atoms with Crippen LogP contribution in [0, 0.1) is 32.7 Å². The molecule has 0 unspecified atom stereocenters. The van der Waals surface area contributed by atoms with Crippen LogP contribution in [0.3, 0.4) is 0 Å². The fraction of sp³-hybridized carbons (Fsp3) is 0.650. The molecule has 1 fully saturated rings. The molecule has 2 rings (SSSR count). The number of rotatable bonds is 3. The monoisotopic (exact) mass is 285 g/mol. The van der Waals surface area contributed by atoms with Crippen LogP contribution in [0.4, 0.5) is 5.69 Å². The van der Waals surface area contributed by atoms with Gasteiger partial charge in [0, 0.05) is 11.2 Å². The van der Waals surface area contributed by atoms with Gasteiger partial charge in [0.1, 0.15) is 0 Å². The minimum Gasteiger partial charge on any atom is -0.355 e. The molecular weight excluding hydrogens is 254 g/mol. The summed E-state index contributed by atoms with van der Waals surface area (Å²) in [6, 6.07) is 4.60. The number of hydrogen-bond donors (Lipinski definition) is 0. The van der Waals surface area contributed by atoms with Gasteiger partial charge < -0.3 is 4.90 Å². The maximum absolute atomic E-state index is 3.91. The number of benzene rings is 1. The first-order valence-corrected chi connectivity index (χ1v) is 8.40. The summed E-state index contributed by atoms with van der Waals surface area (Å²) in [7, 11) is 0. The smallest absolute Gasteiger partial charge is 0.0984 e. The zero-order valence-corrected chi connectivity index (χ0v) is 14.9. The van der Waals surface area contributed by atoms with Crippen LogP contribution in [0.15, 0.2) is 12.1 Å². The van der Waals surface area contributed by atoms with Crippen molar-refractivity contribution in [3.63, 3.8) is 0 Å². The zero-order chi connectivity index (χ0) is 15.8. The Bertz CT molecular complexity index is 486. The van der Waals surface area contributed by atoms with Gasteiger partial charge in [-0.3, -0.25) is 0 Å². The van der Waals surface area contributed by atoms with E-state index in [1.165, 1.54) is 48.1 Å². The minimum absolute atomic E-state index is 0.151. The Morgan fingerprint density at radius 1 is 1.00 bits per heavy atom. The maximum Gasteiger partial charge on any atom is 0.0984 e. The van der Waals surface area contributed by atoms with E-state index in [0.717, 1.165) is 0 Å². The van der Waals surface area contributed by atoms with Crippen LogP contribution in [0.2, 0.25) is 0 Å². The lowest BCUT2D eigenvalue weighted by molar-refractivity contribution is 0.199. The summed E-state index contributed by atoms with van der Waals surface area (Å²) < 4.78 is 0. The van der Waals surface area contributed by atoms with Gasteiger partial charge in [0.05, 0.1) is 6.54 Å². The fourth-order valence-corrected chi connectivity index (χ4v) is 3.75. The Labute approximate surface area is 131 Å². The summed E-state index contributed by atoms with van der Waals surface area (Å²) in [4.78, 5) is 2.47. The van der Waals surface area contributed by atoms with Crippen molar-refractivity contribution in [1.29, 1.82) is 0 Å². The topological polar surface area (TPSA) is 3.24 Å². The van der Waals surface area contributed by atoms with Crippen molar-refractivity contribution in [2.75, 3.05) is 4.90 Å². The highest BCUT2D eigenvalue weighted by Gasteiger charge is 2.43. The Hall–Kier alpha value is -0.980. The Morgan fingerprint density at radius 2 is 1.52 bits per heavy atom. The molecule has 0 bridgehead atoms. The summed E-state index contributed by atoms with van der Waals surface area (Å²) >= 11 is 0. The van der Waals surface area contributed by atoms with Crippen LogP contribution in [-0.4, -0.2) is 5.54 Å². The molecule has 1 aromatic rings. The molecule has 0 saturated carbocycles. The third-order valence-corrected chi connectivity index (χ3v) is 5.38. The van der Waals surface area contributed by atoms with E-state index >= 15 is 0 Å². The number of nitrogens with zero attached hydrogens (tertiary/aromatic N) is 1. The van der Waals surface area contributed by atoms with E-state index in [1.54, 1.807) is 0 Å². The standard InChI is InChI=1S/C20H31N/c1-8-20(9-2)11-10-19(6,7)21(14-20)18-16(4)12-15(3)13-17(18)5/h12-13H,8-11H2,1-7H3. The minimum atomic E-state index is 0.151. The van der Waals surface area contributed by atoms with E-state index in [-0.39, 0.29) is 11.0 Å². The Balaban J connectivity index is 2.48. The predicted octanol–water partition coefficient (Wildman–Crippen LogP) is 5.84. The average molecular weight is 285 g/mol. The van der Waals surface area contributed by atoms with Crippen molar-refractivity contribution in [2.24, 2.45) is 5.41 Å². The van der Waals surface area contributed by atoms with Gasteiger partial charge in [0.2, 0.25) is 0 Å². The van der Waals surface area contributed by atoms with Crippen molar-refractivity contribution < 1.29 is 0 Å². The molecule has 0 amide bonds. The molecule has 1 saturated heterocycles. The van der Waals surface area contributed by atoms with Gasteiger partial charge in [-0.2, -0.15) is 0 Å². The third-order valence-electron chi connectivity index (χ3n) is 5.38. The molecule has 0 aromatic heterocycles. The van der Waals surface area contributed by atoms with E-state index in [0.29, 0.717) is 0 Å². The summed E-state index contributed by atoms with van der Waals surface area (Å²) in [5.41, 5.74) is 5.86. The first-order chi connectivity index (χ1) is 9.74. The maximum atomic E-state index is 3.91. The SMILES string of the molecule is CCC1(CC)[C]N(c2c(C)cc(C)cc2C)C(C)(C)CC1. The number of piperidine rings is 1. The molecule has 0 aliphatic carbocycles. The lowest BCUT2D eigenvalue weighted by Crippen LogP contribution is -2.51. The van der Waals surface area contributed by atoms with E-state index in [1.807, 2.05) is 0 Å². The second kappa shape index (κ2) is 5.66. The molecule has 0 spiro atoms. The summed E-state index contributed by atoms with van der Waals surface area (Å²) in [6.45, 7) is 19.9. The van der Waals surface area contributed by atoms with Gasteiger partial charge in [-0.25, -0.2) is 0 Å². The fourth-order valence-electron chi connectivity index (χ4n) is 3.75. The van der Waals surface area contributed by atoms with Crippen molar-refractivity contribution >= 4 is 5.69 Å². The highest BCUT2D eigenvalue weighted by molar-refractivity contribution is 5.63. The number of aryl methyl sites for hydroxylation is 3. The molecular formula is C20H31N. The van der Waals surface area contributed by atoms with Crippen molar-refractivity contribution in [2.45, 2.75) is 79.7 Å². The normalized spacial score (nSPS) is 20.6. The summed E-state index contributed by atoms with van der Waals surface area (Å²) in [5.74, 6) is 0. The molecule has 1 aliphatic rings. The molecule has 1 heteroatoms. The van der Waals surface area contributed by atoms with Gasteiger partial charge in [-0.1, -0.05) is 31.5 Å². The Kier molecular flexibility index (Phi) is 4.42. The van der Waals surface area contributed by atoms with Crippen LogP contribution < -0.4 is 4.90 Å². The van der Waals surface area contributed by atoms with Gasteiger partial charge >= 0.3 is 0 Å². The first-order valence-electron chi connectivity index (χ1n) is 8.40. The van der Waals surface area contributed by atoms with E-state index in [9.17, 15) is 0 Å². The van der Waals surface area contributed by atoms with Crippen LogP contribution in [0.1, 0.15) is 70.1 Å². The molecule has 2 radical (unpaired) electrons. The largest absolute Gasteiger partial charge is 0.355 e. The average Bonchev–Trinajstić information content (AvgIpc) is 2.40. The Morgan fingerprint density at radius 3 is 2.00 bits per heavy atom. The van der Waals surface area contributed by atoms with E-state index < -0.39 is 0 Å². The molecule has 1 nitrogen and oxygen atoms in total. The van der Waals surface area contributed by atoms with Gasteiger partial charge in [0.25, 0.3) is 0 Å². The van der Waals surface area contributed by atoms with Crippen molar-refractivity contribution in [3.8, 4) is 0 Å². The highest BCUT2D eigenvalue weighted by Crippen LogP contribution is 2.48. The lowest BCUT2D eigenvalue weighted by Gasteiger charge is -2.52. The molecule has 1 aromatic carbocycles. The zero-order valence-electron chi connectivity index (χ0n) is 14.9. The van der Waals surface area contributed by atoms with Gasteiger partial charge in [-0.15, -0.1) is 0 Å². The molecule has 21 heavy (non-hydrogen) atoms. The van der Waals surface area contributed by atoms with E-state index in [2.05, 4.69) is 72.0 Å². The number of anilines is 1.